The summed E-state index contributed by atoms with van der Waals surface area (Å²) in [6, 6.07) is 5.96. The van der Waals surface area contributed by atoms with Gasteiger partial charge in [0.05, 0.1) is 12.0 Å². The number of para-hydroxylation sites is 2. The second-order valence-electron chi connectivity index (χ2n) is 2.67. The van der Waals surface area contributed by atoms with Crippen LogP contribution in [0, 0.1) is 10.1 Å². The Morgan fingerprint density at radius 1 is 1.56 bits per heavy atom. The van der Waals surface area contributed by atoms with Crippen LogP contribution >= 0.6 is 0 Å². The summed E-state index contributed by atoms with van der Waals surface area (Å²) in [7, 11) is 1.21. The van der Waals surface area contributed by atoms with Gasteiger partial charge >= 0.3 is 5.97 Å². The topological polar surface area (TPSA) is 93.8 Å². The molecular weight excluding hydrogens is 214 g/mol. The van der Waals surface area contributed by atoms with E-state index in [4.69, 9.17) is 0 Å². The van der Waals surface area contributed by atoms with Gasteiger partial charge in [-0.15, -0.1) is 0 Å². The first-order chi connectivity index (χ1) is 7.65. The third-order valence-electron chi connectivity index (χ3n) is 1.66. The number of hydrazone groups is 1. The fraction of sp³-hybridized carbons (Fsp3) is 0.111. The zero-order valence-corrected chi connectivity index (χ0v) is 8.41. The number of rotatable bonds is 4. The highest BCUT2D eigenvalue weighted by atomic mass is 16.6. The number of nitrogens with zero attached hydrogens (tertiary/aromatic N) is 2. The first kappa shape index (κ1) is 11.6. The minimum Gasteiger partial charge on any atom is -0.465 e. The van der Waals surface area contributed by atoms with Crippen LogP contribution in [0.3, 0.4) is 0 Å². The number of carbonyl (C=O) groups excluding carboxylic acids is 1. The predicted octanol–water partition coefficient (Wildman–Crippen LogP) is 1.17. The van der Waals surface area contributed by atoms with E-state index in [1.54, 1.807) is 6.07 Å². The number of hydrogen-bond donors (Lipinski definition) is 1. The lowest BCUT2D eigenvalue weighted by molar-refractivity contribution is -0.384. The molecule has 0 aromatic heterocycles. The molecule has 0 saturated carbocycles. The maximum Gasteiger partial charge on any atom is 0.350 e. The average molecular weight is 223 g/mol. The number of ether oxygens (including phenoxy) is 1. The molecule has 84 valence electrons. The molecule has 16 heavy (non-hydrogen) atoms. The first-order valence-electron chi connectivity index (χ1n) is 4.25. The second-order valence-corrected chi connectivity index (χ2v) is 2.67. The molecule has 7 nitrogen and oxygen atoms in total. The summed E-state index contributed by atoms with van der Waals surface area (Å²) in [6.45, 7) is 0. The normalized spacial score (nSPS) is 10.1. The van der Waals surface area contributed by atoms with Crippen LogP contribution in [-0.4, -0.2) is 24.2 Å². The molecule has 0 atom stereocenters. The predicted molar refractivity (Wildman–Crippen MR) is 57.2 cm³/mol. The summed E-state index contributed by atoms with van der Waals surface area (Å²) >= 11 is 0. The number of methoxy groups -OCH3 is 1. The van der Waals surface area contributed by atoms with Crippen molar-refractivity contribution in [3.63, 3.8) is 0 Å². The monoisotopic (exact) mass is 223 g/mol. The maximum atomic E-state index is 10.7. The molecule has 0 amide bonds. The third-order valence-corrected chi connectivity index (χ3v) is 1.66. The van der Waals surface area contributed by atoms with Gasteiger partial charge in [0.25, 0.3) is 5.69 Å². The third kappa shape index (κ3) is 3.05. The van der Waals surface area contributed by atoms with Crippen LogP contribution in [0.2, 0.25) is 0 Å². The first-order valence-corrected chi connectivity index (χ1v) is 4.25. The van der Waals surface area contributed by atoms with Crippen LogP contribution < -0.4 is 5.43 Å². The van der Waals surface area contributed by atoms with E-state index in [0.717, 1.165) is 6.21 Å². The smallest absolute Gasteiger partial charge is 0.350 e. The van der Waals surface area contributed by atoms with Crippen molar-refractivity contribution in [2.75, 3.05) is 12.5 Å². The SMILES string of the molecule is COC(=O)/C=N\Nc1ccccc1[N+](=O)[O-]. The van der Waals surface area contributed by atoms with Gasteiger partial charge in [0.2, 0.25) is 0 Å². The van der Waals surface area contributed by atoms with Crippen molar-refractivity contribution in [3.05, 3.63) is 34.4 Å². The van der Waals surface area contributed by atoms with Gasteiger partial charge in [-0.2, -0.15) is 5.10 Å². The summed E-state index contributed by atoms with van der Waals surface area (Å²) in [4.78, 5) is 20.7. The van der Waals surface area contributed by atoms with Gasteiger partial charge < -0.3 is 4.74 Å². The number of nitro benzene ring substituents is 1. The van der Waals surface area contributed by atoms with E-state index in [1.807, 2.05) is 0 Å². The number of benzene rings is 1. The second kappa shape index (κ2) is 5.44. The van der Waals surface area contributed by atoms with E-state index in [0.29, 0.717) is 0 Å². The van der Waals surface area contributed by atoms with Crippen LogP contribution in [0.15, 0.2) is 29.4 Å². The van der Waals surface area contributed by atoms with E-state index < -0.39 is 10.9 Å². The molecule has 1 rings (SSSR count). The molecule has 0 radical (unpaired) electrons. The Morgan fingerprint density at radius 2 is 2.25 bits per heavy atom. The lowest BCUT2D eigenvalue weighted by atomic mass is 10.3. The van der Waals surface area contributed by atoms with Crippen molar-refractivity contribution in [3.8, 4) is 0 Å². The molecule has 1 aromatic carbocycles. The Morgan fingerprint density at radius 3 is 2.88 bits per heavy atom. The lowest BCUT2D eigenvalue weighted by Crippen LogP contribution is -2.03. The number of anilines is 1. The highest BCUT2D eigenvalue weighted by Gasteiger charge is 2.10. The quantitative estimate of drug-likeness (QED) is 0.358. The van der Waals surface area contributed by atoms with Gasteiger partial charge in [-0.25, -0.2) is 4.79 Å². The highest BCUT2D eigenvalue weighted by molar-refractivity contribution is 6.23. The van der Waals surface area contributed by atoms with E-state index >= 15 is 0 Å². The molecule has 0 aliphatic carbocycles. The number of nitrogens with one attached hydrogen (secondary N) is 1. The average Bonchev–Trinajstić information content (AvgIpc) is 2.29. The molecule has 0 saturated heterocycles. The van der Waals surface area contributed by atoms with Crippen molar-refractivity contribution in [2.24, 2.45) is 5.10 Å². The Kier molecular flexibility index (Phi) is 3.96. The van der Waals surface area contributed by atoms with E-state index in [1.165, 1.54) is 25.3 Å². The van der Waals surface area contributed by atoms with E-state index in [9.17, 15) is 14.9 Å². The fourth-order valence-electron chi connectivity index (χ4n) is 0.935. The molecule has 1 aromatic rings. The molecule has 1 N–H and O–H groups in total. The number of esters is 1. The van der Waals surface area contributed by atoms with Crippen molar-refractivity contribution in [2.45, 2.75) is 0 Å². The number of hydrogen-bond acceptors (Lipinski definition) is 6. The minimum absolute atomic E-state index is 0.121. The zero-order valence-electron chi connectivity index (χ0n) is 8.41. The van der Waals surface area contributed by atoms with Crippen molar-refractivity contribution >= 4 is 23.6 Å². The van der Waals surface area contributed by atoms with Crippen LogP contribution in [0.1, 0.15) is 0 Å². The number of carbonyl (C=O) groups is 1. The Labute approximate surface area is 90.9 Å². The van der Waals surface area contributed by atoms with Crippen LogP contribution in [0.25, 0.3) is 0 Å². The molecule has 0 bridgehead atoms. The number of nitro groups is 1. The summed E-state index contributed by atoms with van der Waals surface area (Å²) in [5.41, 5.74) is 2.47. The van der Waals surface area contributed by atoms with Crippen LogP contribution in [-0.2, 0) is 9.53 Å². The molecule has 0 heterocycles. The van der Waals surface area contributed by atoms with Gasteiger partial charge in [-0.05, 0) is 6.07 Å². The maximum absolute atomic E-state index is 10.7. The summed E-state index contributed by atoms with van der Waals surface area (Å²) in [5.74, 6) is -0.647. The van der Waals surface area contributed by atoms with E-state index in [2.05, 4.69) is 15.3 Å². The van der Waals surface area contributed by atoms with Gasteiger partial charge in [0, 0.05) is 6.07 Å². The summed E-state index contributed by atoms with van der Waals surface area (Å²) in [5, 5.41) is 14.1. The minimum atomic E-state index is -0.647. The molecule has 7 heteroatoms. The molecule has 0 unspecified atom stereocenters. The van der Waals surface area contributed by atoms with Gasteiger partial charge in [0.1, 0.15) is 11.9 Å². The largest absolute Gasteiger partial charge is 0.465 e. The lowest BCUT2D eigenvalue weighted by Gasteiger charge is -2.00. The van der Waals surface area contributed by atoms with Gasteiger partial charge in [-0.1, -0.05) is 12.1 Å². The molecule has 0 spiro atoms. The Balaban J connectivity index is 2.77. The summed E-state index contributed by atoms with van der Waals surface area (Å²) < 4.78 is 4.30. The van der Waals surface area contributed by atoms with Crippen LogP contribution in [0.4, 0.5) is 11.4 Å². The Bertz CT molecular complexity index is 431. The van der Waals surface area contributed by atoms with E-state index in [-0.39, 0.29) is 11.4 Å². The van der Waals surface area contributed by atoms with Crippen molar-refractivity contribution in [1.29, 1.82) is 0 Å². The summed E-state index contributed by atoms with van der Waals surface area (Å²) in [6.07, 6.45) is 0.886. The Hall–Kier alpha value is -2.44. The fourth-order valence-corrected chi connectivity index (χ4v) is 0.935. The van der Waals surface area contributed by atoms with Gasteiger partial charge in [-0.3, -0.25) is 15.5 Å². The molecule has 0 aliphatic heterocycles. The van der Waals surface area contributed by atoms with Crippen LogP contribution in [0.5, 0.6) is 0 Å². The standard InChI is InChI=1S/C9H9N3O4/c1-16-9(13)6-10-11-7-4-2-3-5-8(7)12(14)15/h2-6,11H,1H3/b10-6-. The molecule has 0 aliphatic rings. The van der Waals surface area contributed by atoms with Crippen molar-refractivity contribution in [1.82, 2.24) is 0 Å². The molecule has 0 fully saturated rings. The van der Waals surface area contributed by atoms with Crippen molar-refractivity contribution < 1.29 is 14.5 Å². The molecular formula is C9H9N3O4. The van der Waals surface area contributed by atoms with Gasteiger partial charge in [0.15, 0.2) is 0 Å². The zero-order chi connectivity index (χ0) is 12.0. The highest BCUT2D eigenvalue weighted by Crippen LogP contribution is 2.22.